The van der Waals surface area contributed by atoms with Gasteiger partial charge in [0, 0.05) is 19.0 Å². The second-order valence-corrected chi connectivity index (χ2v) is 4.31. The number of hydrogen-bond acceptors (Lipinski definition) is 4. The van der Waals surface area contributed by atoms with Gasteiger partial charge >= 0.3 is 0 Å². The van der Waals surface area contributed by atoms with Crippen LogP contribution in [0.2, 0.25) is 0 Å². The Morgan fingerprint density at radius 3 is 2.94 bits per heavy atom. The molecule has 5 nitrogen and oxygen atoms in total. The van der Waals surface area contributed by atoms with E-state index in [1.807, 2.05) is 6.07 Å². The van der Waals surface area contributed by atoms with Gasteiger partial charge in [0.15, 0.2) is 0 Å². The van der Waals surface area contributed by atoms with Crippen LogP contribution in [0.15, 0.2) is 18.2 Å². The molecule has 1 aliphatic heterocycles. The molecule has 2 N–H and O–H groups in total. The number of hydrogen-bond donors (Lipinski definition) is 1. The van der Waals surface area contributed by atoms with E-state index in [4.69, 9.17) is 15.7 Å². The van der Waals surface area contributed by atoms with Gasteiger partial charge in [0.05, 0.1) is 24.4 Å². The maximum Gasteiger partial charge on any atom is 0.227 e. The zero-order valence-corrected chi connectivity index (χ0v) is 10.2. The summed E-state index contributed by atoms with van der Waals surface area (Å²) in [4.78, 5) is 13.6. The summed E-state index contributed by atoms with van der Waals surface area (Å²) < 4.78 is 5.24. The molecule has 1 atom stereocenters. The lowest BCUT2D eigenvalue weighted by molar-refractivity contribution is -0.117. The van der Waals surface area contributed by atoms with Gasteiger partial charge in [-0.1, -0.05) is 0 Å². The highest BCUT2D eigenvalue weighted by molar-refractivity contribution is 5.97. The molecule has 1 unspecified atom stereocenters. The zero-order chi connectivity index (χ0) is 13.1. The molecule has 1 aromatic rings. The van der Waals surface area contributed by atoms with Crippen LogP contribution in [0.3, 0.4) is 0 Å². The molecule has 1 aromatic carbocycles. The molecule has 0 saturated carbocycles. The van der Waals surface area contributed by atoms with Gasteiger partial charge in [-0.05, 0) is 24.6 Å². The third-order valence-corrected chi connectivity index (χ3v) is 3.14. The number of benzene rings is 1. The predicted molar refractivity (Wildman–Crippen MR) is 67.2 cm³/mol. The summed E-state index contributed by atoms with van der Waals surface area (Å²) in [6.45, 7) is 1.11. The first-order chi connectivity index (χ1) is 8.69. The molecule has 1 saturated heterocycles. The van der Waals surface area contributed by atoms with Crippen LogP contribution in [0, 0.1) is 17.2 Å². The van der Waals surface area contributed by atoms with Crippen molar-refractivity contribution >= 4 is 11.6 Å². The molecule has 1 fully saturated rings. The van der Waals surface area contributed by atoms with Gasteiger partial charge in [-0.25, -0.2) is 0 Å². The molecule has 94 valence electrons. The second kappa shape index (κ2) is 5.07. The molecular weight excluding hydrogens is 230 g/mol. The van der Waals surface area contributed by atoms with Crippen molar-refractivity contribution in [2.75, 3.05) is 25.1 Å². The maximum atomic E-state index is 11.9. The minimum absolute atomic E-state index is 0.0495. The number of nitriles is 1. The van der Waals surface area contributed by atoms with Crippen molar-refractivity contribution in [3.8, 4) is 11.8 Å². The van der Waals surface area contributed by atoms with Crippen LogP contribution in [0.1, 0.15) is 12.0 Å². The Balaban J connectivity index is 2.34. The summed E-state index contributed by atoms with van der Waals surface area (Å²) >= 11 is 0. The summed E-state index contributed by atoms with van der Waals surface area (Å²) in [5, 5.41) is 8.84. The van der Waals surface area contributed by atoms with Crippen molar-refractivity contribution < 1.29 is 9.53 Å². The zero-order valence-electron chi connectivity index (χ0n) is 10.2. The maximum absolute atomic E-state index is 11.9. The number of nitrogens with zero attached hydrogens (tertiary/aromatic N) is 2. The third-order valence-electron chi connectivity index (χ3n) is 3.14. The molecule has 0 aliphatic carbocycles. The standard InChI is InChI=1S/C13H15N3O2/c1-18-12-4-9(6-14)2-3-11(12)16-8-10(7-15)5-13(16)17/h2-4,10H,5,7-8,15H2,1H3. The molecule has 0 radical (unpaired) electrons. The molecule has 0 bridgehead atoms. The number of nitrogens with two attached hydrogens (primary N) is 1. The number of carbonyl (C=O) groups excluding carboxylic acids is 1. The van der Waals surface area contributed by atoms with E-state index < -0.39 is 0 Å². The van der Waals surface area contributed by atoms with Crippen molar-refractivity contribution in [1.29, 1.82) is 5.26 Å². The lowest BCUT2D eigenvalue weighted by atomic mass is 10.1. The number of methoxy groups -OCH3 is 1. The Kier molecular flexibility index (Phi) is 3.49. The first-order valence-corrected chi connectivity index (χ1v) is 5.78. The van der Waals surface area contributed by atoms with Gasteiger partial charge in [0.1, 0.15) is 5.75 Å². The highest BCUT2D eigenvalue weighted by Gasteiger charge is 2.31. The van der Waals surface area contributed by atoms with Gasteiger partial charge in [-0.2, -0.15) is 5.26 Å². The molecule has 5 heteroatoms. The van der Waals surface area contributed by atoms with E-state index in [9.17, 15) is 4.79 Å². The molecule has 1 amide bonds. The average Bonchev–Trinajstić information content (AvgIpc) is 2.79. The normalized spacial score (nSPS) is 18.8. The molecule has 0 aromatic heterocycles. The fourth-order valence-corrected chi connectivity index (χ4v) is 2.14. The van der Waals surface area contributed by atoms with Gasteiger partial charge < -0.3 is 15.4 Å². The number of ether oxygens (including phenoxy) is 1. The van der Waals surface area contributed by atoms with E-state index in [0.717, 1.165) is 0 Å². The van der Waals surface area contributed by atoms with Crippen molar-refractivity contribution in [3.05, 3.63) is 23.8 Å². The predicted octanol–water partition coefficient (Wildman–Crippen LogP) is 0.878. The Labute approximate surface area is 106 Å². The summed E-state index contributed by atoms with van der Waals surface area (Å²) in [7, 11) is 1.53. The van der Waals surface area contributed by atoms with E-state index in [1.165, 1.54) is 7.11 Å². The molecule has 1 heterocycles. The Morgan fingerprint density at radius 2 is 2.39 bits per heavy atom. The molecule has 2 rings (SSSR count). The number of anilines is 1. The van der Waals surface area contributed by atoms with Crippen molar-refractivity contribution in [2.45, 2.75) is 6.42 Å². The van der Waals surface area contributed by atoms with Crippen LogP contribution in [-0.4, -0.2) is 26.1 Å². The Morgan fingerprint density at radius 1 is 1.61 bits per heavy atom. The smallest absolute Gasteiger partial charge is 0.227 e. The quantitative estimate of drug-likeness (QED) is 0.857. The Bertz CT molecular complexity index is 507. The number of amides is 1. The lowest BCUT2D eigenvalue weighted by Gasteiger charge is -2.19. The fourth-order valence-electron chi connectivity index (χ4n) is 2.14. The lowest BCUT2D eigenvalue weighted by Crippen LogP contribution is -2.26. The van der Waals surface area contributed by atoms with E-state index >= 15 is 0 Å². The van der Waals surface area contributed by atoms with Crippen molar-refractivity contribution in [1.82, 2.24) is 0 Å². The number of carbonyl (C=O) groups is 1. The Hall–Kier alpha value is -2.06. The van der Waals surface area contributed by atoms with E-state index in [1.54, 1.807) is 23.1 Å². The highest BCUT2D eigenvalue weighted by Crippen LogP contribution is 2.33. The van der Waals surface area contributed by atoms with Gasteiger partial charge in [-0.3, -0.25) is 4.79 Å². The molecule has 0 spiro atoms. The molecular formula is C13H15N3O2. The van der Waals surface area contributed by atoms with Crippen LogP contribution in [0.5, 0.6) is 5.75 Å². The molecule has 1 aliphatic rings. The van der Waals surface area contributed by atoms with Crippen LogP contribution in [0.4, 0.5) is 5.69 Å². The number of rotatable bonds is 3. The fraction of sp³-hybridized carbons (Fsp3) is 0.385. The third kappa shape index (κ3) is 2.15. The highest BCUT2D eigenvalue weighted by atomic mass is 16.5. The topological polar surface area (TPSA) is 79.3 Å². The van der Waals surface area contributed by atoms with E-state index in [0.29, 0.717) is 36.5 Å². The summed E-state index contributed by atoms with van der Waals surface area (Å²) in [5.41, 5.74) is 6.82. The first kappa shape index (κ1) is 12.4. The van der Waals surface area contributed by atoms with Gasteiger partial charge in [-0.15, -0.1) is 0 Å². The van der Waals surface area contributed by atoms with E-state index in [2.05, 4.69) is 0 Å². The largest absolute Gasteiger partial charge is 0.495 e. The summed E-state index contributed by atoms with van der Waals surface area (Å²) in [5.74, 6) is 0.784. The van der Waals surface area contributed by atoms with Crippen LogP contribution in [0.25, 0.3) is 0 Å². The van der Waals surface area contributed by atoms with Gasteiger partial charge in [0.2, 0.25) is 5.91 Å². The second-order valence-electron chi connectivity index (χ2n) is 4.31. The minimum atomic E-state index is 0.0495. The van der Waals surface area contributed by atoms with Crippen LogP contribution >= 0.6 is 0 Å². The molecule has 18 heavy (non-hydrogen) atoms. The van der Waals surface area contributed by atoms with Gasteiger partial charge in [0.25, 0.3) is 0 Å². The van der Waals surface area contributed by atoms with Crippen LogP contribution in [-0.2, 0) is 4.79 Å². The first-order valence-electron chi connectivity index (χ1n) is 5.78. The van der Waals surface area contributed by atoms with Crippen molar-refractivity contribution in [2.24, 2.45) is 11.7 Å². The van der Waals surface area contributed by atoms with Crippen molar-refractivity contribution in [3.63, 3.8) is 0 Å². The average molecular weight is 245 g/mol. The monoisotopic (exact) mass is 245 g/mol. The van der Waals surface area contributed by atoms with E-state index in [-0.39, 0.29) is 11.8 Å². The van der Waals surface area contributed by atoms with Crippen LogP contribution < -0.4 is 15.4 Å². The summed E-state index contributed by atoms with van der Waals surface area (Å²) in [6.07, 6.45) is 0.472. The minimum Gasteiger partial charge on any atom is -0.495 e. The summed E-state index contributed by atoms with van der Waals surface area (Å²) in [6, 6.07) is 7.11. The SMILES string of the molecule is COc1cc(C#N)ccc1N1CC(CN)CC1=O.